The van der Waals surface area contributed by atoms with Gasteiger partial charge in [-0.3, -0.25) is 4.90 Å². The summed E-state index contributed by atoms with van der Waals surface area (Å²) in [5, 5.41) is 6.06. The Bertz CT molecular complexity index is 1230. The third-order valence-corrected chi connectivity index (χ3v) is 5.31. The summed E-state index contributed by atoms with van der Waals surface area (Å²) < 4.78 is 27.5. The van der Waals surface area contributed by atoms with Crippen molar-refractivity contribution in [3.8, 4) is 0 Å². The normalized spacial score (nSPS) is 16.5. The Hall–Kier alpha value is -4.00. The predicted octanol–water partition coefficient (Wildman–Crippen LogP) is 4.90. The third-order valence-electron chi connectivity index (χ3n) is 5.31. The maximum Gasteiger partial charge on any atom is 0.235 e. The van der Waals surface area contributed by atoms with Crippen LogP contribution >= 0.6 is 0 Å². The van der Waals surface area contributed by atoms with Crippen molar-refractivity contribution in [1.82, 2.24) is 4.90 Å². The van der Waals surface area contributed by atoms with E-state index in [1.54, 1.807) is 26.2 Å². The average molecular weight is 415 g/mol. The van der Waals surface area contributed by atoms with Crippen LogP contribution in [0.3, 0.4) is 0 Å². The molecule has 0 saturated carbocycles. The second kappa shape index (κ2) is 7.36. The standard InChI is InChI=1S/C24H19F2N5/c1-27-20-10-14(25)6-8-18(20)22-12-16-4-3-5-17-13-23(30-24(29-22)31(16)17)19-9-7-15(26)11-21(19)28-2/h3-13,27-28H,1-2H3. The first-order chi connectivity index (χ1) is 15.1. The monoisotopic (exact) mass is 415 g/mol. The van der Waals surface area contributed by atoms with E-state index in [9.17, 15) is 8.78 Å². The highest BCUT2D eigenvalue weighted by Crippen LogP contribution is 2.36. The number of guanidine groups is 1. The first-order valence-corrected chi connectivity index (χ1v) is 9.82. The number of allylic oxidation sites excluding steroid dienone is 5. The van der Waals surface area contributed by atoms with Gasteiger partial charge in [-0.1, -0.05) is 6.08 Å². The number of hydrogen-bond donors (Lipinski definition) is 2. The van der Waals surface area contributed by atoms with Crippen LogP contribution in [0.15, 0.2) is 88.2 Å². The molecule has 0 aromatic heterocycles. The van der Waals surface area contributed by atoms with Crippen molar-refractivity contribution in [2.75, 3.05) is 24.7 Å². The Balaban J connectivity index is 1.66. The van der Waals surface area contributed by atoms with Gasteiger partial charge in [0.25, 0.3) is 0 Å². The van der Waals surface area contributed by atoms with Gasteiger partial charge >= 0.3 is 0 Å². The lowest BCUT2D eigenvalue weighted by molar-refractivity contribution is 0.628. The number of hydrogen-bond acceptors (Lipinski definition) is 5. The molecular weight excluding hydrogens is 396 g/mol. The van der Waals surface area contributed by atoms with Crippen LogP contribution in [0.5, 0.6) is 0 Å². The second-order valence-electron chi connectivity index (χ2n) is 7.17. The summed E-state index contributed by atoms with van der Waals surface area (Å²) >= 11 is 0. The minimum atomic E-state index is -0.322. The molecule has 0 atom stereocenters. The van der Waals surface area contributed by atoms with Crippen LogP contribution in [0.1, 0.15) is 11.1 Å². The fourth-order valence-electron chi connectivity index (χ4n) is 3.85. The third kappa shape index (κ3) is 3.24. The minimum Gasteiger partial charge on any atom is -0.387 e. The van der Waals surface area contributed by atoms with E-state index in [1.807, 2.05) is 35.3 Å². The zero-order chi connectivity index (χ0) is 21.5. The molecular formula is C24H19F2N5. The molecule has 3 heterocycles. The smallest absolute Gasteiger partial charge is 0.235 e. The maximum absolute atomic E-state index is 13.7. The van der Waals surface area contributed by atoms with E-state index in [4.69, 9.17) is 9.98 Å². The minimum absolute atomic E-state index is 0.322. The van der Waals surface area contributed by atoms with E-state index in [2.05, 4.69) is 10.6 Å². The average Bonchev–Trinajstić information content (AvgIpc) is 2.78. The summed E-state index contributed by atoms with van der Waals surface area (Å²) in [5.74, 6) is -0.145. The summed E-state index contributed by atoms with van der Waals surface area (Å²) in [7, 11) is 3.49. The molecule has 2 aromatic rings. The Labute approximate surface area is 178 Å². The molecule has 7 heteroatoms. The topological polar surface area (TPSA) is 52.0 Å². The lowest BCUT2D eigenvalue weighted by Gasteiger charge is -2.34. The Morgan fingerprint density at radius 1 is 0.806 bits per heavy atom. The molecule has 0 bridgehead atoms. The van der Waals surface area contributed by atoms with Crippen molar-refractivity contribution >= 4 is 28.7 Å². The molecule has 2 N–H and O–H groups in total. The summed E-state index contributed by atoms with van der Waals surface area (Å²) in [6.45, 7) is 0. The first kappa shape index (κ1) is 19.0. The van der Waals surface area contributed by atoms with Crippen LogP contribution in [0, 0.1) is 11.6 Å². The van der Waals surface area contributed by atoms with Crippen LogP contribution in [0.2, 0.25) is 0 Å². The number of anilines is 2. The van der Waals surface area contributed by atoms with Gasteiger partial charge in [0.15, 0.2) is 0 Å². The van der Waals surface area contributed by atoms with Gasteiger partial charge in [-0.05, 0) is 60.7 Å². The molecule has 0 saturated heterocycles. The van der Waals surface area contributed by atoms with Gasteiger partial charge < -0.3 is 10.6 Å². The van der Waals surface area contributed by atoms with E-state index in [1.165, 1.54) is 24.3 Å². The number of nitrogens with zero attached hydrogens (tertiary/aromatic N) is 3. The molecule has 5 rings (SSSR count). The molecule has 0 spiro atoms. The quantitative estimate of drug-likeness (QED) is 0.747. The summed E-state index contributed by atoms with van der Waals surface area (Å²) in [4.78, 5) is 11.5. The van der Waals surface area contributed by atoms with Gasteiger partial charge in [0.05, 0.1) is 22.8 Å². The Morgan fingerprint density at radius 3 is 2.19 bits per heavy atom. The van der Waals surface area contributed by atoms with Gasteiger partial charge in [-0.15, -0.1) is 0 Å². The fourth-order valence-corrected chi connectivity index (χ4v) is 3.85. The van der Waals surface area contributed by atoms with Crippen molar-refractivity contribution < 1.29 is 8.78 Å². The molecule has 154 valence electrons. The van der Waals surface area contributed by atoms with Crippen LogP contribution in [-0.2, 0) is 0 Å². The predicted molar refractivity (Wildman–Crippen MR) is 121 cm³/mol. The Kier molecular flexibility index (Phi) is 4.51. The van der Waals surface area contributed by atoms with E-state index in [0.29, 0.717) is 28.7 Å². The van der Waals surface area contributed by atoms with Gasteiger partial charge in [0.2, 0.25) is 5.96 Å². The van der Waals surface area contributed by atoms with Crippen LogP contribution in [0.4, 0.5) is 20.2 Å². The number of nitrogens with one attached hydrogen (secondary N) is 2. The molecule has 0 fully saturated rings. The van der Waals surface area contributed by atoms with E-state index in [-0.39, 0.29) is 11.6 Å². The number of aliphatic imine (C=N–C) groups is 2. The molecule has 2 aromatic carbocycles. The number of benzene rings is 2. The summed E-state index contributed by atoms with van der Waals surface area (Å²) in [6, 6.07) is 9.12. The molecule has 3 aliphatic rings. The zero-order valence-corrected chi connectivity index (χ0v) is 16.9. The molecule has 0 radical (unpaired) electrons. The molecule has 0 unspecified atom stereocenters. The van der Waals surface area contributed by atoms with Gasteiger partial charge in [-0.2, -0.15) is 0 Å². The van der Waals surface area contributed by atoms with Crippen LogP contribution < -0.4 is 10.6 Å². The van der Waals surface area contributed by atoms with Crippen molar-refractivity contribution in [2.45, 2.75) is 0 Å². The number of rotatable bonds is 4. The lowest BCUT2D eigenvalue weighted by atomic mass is 10.0. The van der Waals surface area contributed by atoms with Gasteiger partial charge in [0.1, 0.15) is 11.6 Å². The summed E-state index contributed by atoms with van der Waals surface area (Å²) in [6.07, 6.45) is 9.82. The Morgan fingerprint density at radius 2 is 1.48 bits per heavy atom. The number of halogens is 2. The van der Waals surface area contributed by atoms with Crippen molar-refractivity contribution in [3.05, 3.63) is 101 Å². The highest BCUT2D eigenvalue weighted by Gasteiger charge is 2.29. The SMILES string of the molecule is CNc1cc(F)ccc1C1=CC2=CC=CC3=CC(c4ccc(F)cc4NC)=NC(=N1)N23. The molecule has 0 amide bonds. The molecule has 3 aliphatic heterocycles. The molecule has 0 aliphatic carbocycles. The van der Waals surface area contributed by atoms with E-state index in [0.717, 1.165) is 22.5 Å². The van der Waals surface area contributed by atoms with Crippen molar-refractivity contribution in [3.63, 3.8) is 0 Å². The van der Waals surface area contributed by atoms with Gasteiger partial charge in [-0.25, -0.2) is 18.8 Å². The fraction of sp³-hybridized carbons (Fsp3) is 0.0833. The van der Waals surface area contributed by atoms with Crippen LogP contribution in [-0.4, -0.2) is 30.7 Å². The van der Waals surface area contributed by atoms with Crippen molar-refractivity contribution in [2.24, 2.45) is 9.98 Å². The summed E-state index contributed by atoms with van der Waals surface area (Å²) in [5.41, 5.74) is 6.01. The highest BCUT2D eigenvalue weighted by molar-refractivity contribution is 6.19. The lowest BCUT2D eigenvalue weighted by Crippen LogP contribution is -2.34. The van der Waals surface area contributed by atoms with Crippen LogP contribution in [0.25, 0.3) is 5.70 Å². The first-order valence-electron chi connectivity index (χ1n) is 9.82. The van der Waals surface area contributed by atoms with E-state index < -0.39 is 0 Å². The highest BCUT2D eigenvalue weighted by atomic mass is 19.1. The molecule has 5 nitrogen and oxygen atoms in total. The van der Waals surface area contributed by atoms with Gasteiger partial charge in [0, 0.05) is 36.6 Å². The largest absolute Gasteiger partial charge is 0.387 e. The maximum atomic E-state index is 13.7. The van der Waals surface area contributed by atoms with Crippen molar-refractivity contribution in [1.29, 1.82) is 0 Å². The zero-order valence-electron chi connectivity index (χ0n) is 16.9. The second-order valence-corrected chi connectivity index (χ2v) is 7.17. The van der Waals surface area contributed by atoms with E-state index >= 15 is 0 Å². The molecule has 31 heavy (non-hydrogen) atoms.